The fourth-order valence-corrected chi connectivity index (χ4v) is 7.71. The molecular formula is C37H38F3N5O6S. The number of piperidine rings is 1. The van der Waals surface area contributed by atoms with Gasteiger partial charge in [-0.25, -0.2) is 13.4 Å². The molecule has 0 spiro atoms. The number of carboxylic acid groups (broad SMARTS) is 1. The Hall–Kier alpha value is -5.15. The van der Waals surface area contributed by atoms with Gasteiger partial charge >= 0.3 is 12.1 Å². The Bertz CT molecular complexity index is 1960. The lowest BCUT2D eigenvalue weighted by atomic mass is 9.89. The van der Waals surface area contributed by atoms with Crippen LogP contribution in [0.25, 0.3) is 0 Å². The maximum Gasteiger partial charge on any atom is 0.433 e. The summed E-state index contributed by atoms with van der Waals surface area (Å²) < 4.78 is 73.5. The molecule has 0 aliphatic carbocycles. The second-order valence-corrected chi connectivity index (χ2v) is 14.6. The zero-order valence-corrected chi connectivity index (χ0v) is 28.9. The largest absolute Gasteiger partial charge is 0.480 e. The van der Waals surface area contributed by atoms with Crippen molar-refractivity contribution in [3.8, 4) is 11.5 Å². The molecule has 0 atom stereocenters. The molecule has 2 saturated heterocycles. The fraction of sp³-hybridized carbons (Fsp3) is 0.324. The number of rotatable bonds is 11. The fourth-order valence-electron chi connectivity index (χ4n) is 6.51. The highest BCUT2D eigenvalue weighted by atomic mass is 32.2. The van der Waals surface area contributed by atoms with E-state index in [9.17, 15) is 36.3 Å². The maximum atomic E-state index is 13.8. The van der Waals surface area contributed by atoms with Crippen LogP contribution in [0, 0.1) is 0 Å². The van der Waals surface area contributed by atoms with Gasteiger partial charge in [-0.3, -0.25) is 19.2 Å². The van der Waals surface area contributed by atoms with Crippen molar-refractivity contribution in [2.45, 2.75) is 30.7 Å². The van der Waals surface area contributed by atoms with E-state index in [1.807, 2.05) is 28.0 Å². The average molecular weight is 738 g/mol. The molecule has 3 aromatic carbocycles. The van der Waals surface area contributed by atoms with Crippen LogP contribution in [0.5, 0.6) is 11.5 Å². The Balaban J connectivity index is 1.11. The number of pyridine rings is 1. The number of alkyl halides is 3. The summed E-state index contributed by atoms with van der Waals surface area (Å²) in [6, 6.07) is 23.2. The highest BCUT2D eigenvalue weighted by molar-refractivity contribution is 7.91. The molecule has 6 rings (SSSR count). The van der Waals surface area contributed by atoms with Gasteiger partial charge in [-0.15, -0.1) is 0 Å². The molecular weight excluding hydrogens is 699 g/mol. The number of sulfonamides is 1. The van der Waals surface area contributed by atoms with Crippen LogP contribution in [0.3, 0.4) is 0 Å². The molecule has 4 aromatic rings. The molecule has 0 bridgehead atoms. The normalized spacial score (nSPS) is 16.1. The zero-order valence-electron chi connectivity index (χ0n) is 28.1. The Morgan fingerprint density at radius 2 is 1.54 bits per heavy atom. The SMILES string of the molecule is O=C(O)CN1CCN(c2ccc(C(=O)N3CCC(c4ccc(Oc5ccc(C(F)(F)F)nc5)cc4)CC3)cc2NS(=O)(=O)Cc2ccccc2)CC1. The van der Waals surface area contributed by atoms with E-state index < -0.39 is 27.9 Å². The maximum absolute atomic E-state index is 13.8. The van der Waals surface area contributed by atoms with Crippen molar-refractivity contribution in [3.05, 3.63) is 114 Å². The topological polar surface area (TPSA) is 132 Å². The number of piperazine rings is 1. The number of amides is 1. The molecule has 1 aromatic heterocycles. The molecule has 52 heavy (non-hydrogen) atoms. The van der Waals surface area contributed by atoms with Gasteiger partial charge in [0.05, 0.1) is 29.9 Å². The van der Waals surface area contributed by atoms with E-state index in [-0.39, 0.29) is 35.6 Å². The number of hydrogen-bond acceptors (Lipinski definition) is 8. The van der Waals surface area contributed by atoms with Crippen molar-refractivity contribution < 1.29 is 41.0 Å². The summed E-state index contributed by atoms with van der Waals surface area (Å²) in [6.45, 7) is 2.86. The molecule has 0 radical (unpaired) electrons. The predicted octanol–water partition coefficient (Wildman–Crippen LogP) is 6.06. The smallest absolute Gasteiger partial charge is 0.433 e. The minimum absolute atomic E-state index is 0.0714. The first-order valence-corrected chi connectivity index (χ1v) is 18.5. The van der Waals surface area contributed by atoms with Gasteiger partial charge in [-0.1, -0.05) is 42.5 Å². The van der Waals surface area contributed by atoms with Crippen molar-refractivity contribution in [3.63, 3.8) is 0 Å². The molecule has 0 unspecified atom stereocenters. The van der Waals surface area contributed by atoms with Crippen LogP contribution in [0.15, 0.2) is 91.1 Å². The van der Waals surface area contributed by atoms with Crippen LogP contribution in [0.4, 0.5) is 24.5 Å². The number of nitrogens with one attached hydrogen (secondary N) is 1. The van der Waals surface area contributed by atoms with Crippen molar-refractivity contribution in [2.75, 3.05) is 55.4 Å². The third-order valence-electron chi connectivity index (χ3n) is 9.18. The van der Waals surface area contributed by atoms with Gasteiger partial charge < -0.3 is 19.6 Å². The number of carboxylic acids is 1. The molecule has 11 nitrogen and oxygen atoms in total. The molecule has 15 heteroatoms. The van der Waals surface area contributed by atoms with E-state index in [4.69, 9.17) is 4.74 Å². The predicted molar refractivity (Wildman–Crippen MR) is 189 cm³/mol. The second-order valence-electron chi connectivity index (χ2n) is 12.9. The number of ether oxygens (including phenoxy) is 1. The number of aliphatic carboxylic acids is 1. The average Bonchev–Trinajstić information content (AvgIpc) is 3.12. The molecule has 1 amide bonds. The van der Waals surface area contributed by atoms with E-state index in [1.165, 1.54) is 6.07 Å². The van der Waals surface area contributed by atoms with E-state index in [0.29, 0.717) is 74.7 Å². The molecule has 2 aliphatic heterocycles. The lowest BCUT2D eigenvalue weighted by molar-refractivity contribution is -0.141. The molecule has 2 aliphatic rings. The number of carbonyl (C=O) groups is 2. The van der Waals surface area contributed by atoms with Gasteiger partial charge in [0, 0.05) is 44.8 Å². The third kappa shape index (κ3) is 9.39. The van der Waals surface area contributed by atoms with Crippen molar-refractivity contribution in [1.82, 2.24) is 14.8 Å². The van der Waals surface area contributed by atoms with Gasteiger partial charge in [0.1, 0.15) is 17.2 Å². The highest BCUT2D eigenvalue weighted by Gasteiger charge is 2.32. The molecule has 274 valence electrons. The highest BCUT2D eigenvalue weighted by Crippen LogP contribution is 2.34. The number of hydrogen-bond donors (Lipinski definition) is 2. The van der Waals surface area contributed by atoms with E-state index in [0.717, 1.165) is 17.8 Å². The minimum Gasteiger partial charge on any atom is -0.480 e. The van der Waals surface area contributed by atoms with Crippen LogP contribution in [0.1, 0.15) is 45.9 Å². The van der Waals surface area contributed by atoms with Crippen molar-refractivity contribution in [2.24, 2.45) is 0 Å². The van der Waals surface area contributed by atoms with Gasteiger partial charge in [0.2, 0.25) is 10.0 Å². The Kier molecular flexibility index (Phi) is 11.0. The van der Waals surface area contributed by atoms with Gasteiger partial charge in [0.25, 0.3) is 5.91 Å². The van der Waals surface area contributed by atoms with Crippen LogP contribution < -0.4 is 14.4 Å². The molecule has 3 heterocycles. The molecule has 2 fully saturated rings. The zero-order chi connectivity index (χ0) is 36.9. The van der Waals surface area contributed by atoms with Gasteiger partial charge in [-0.05, 0) is 72.4 Å². The van der Waals surface area contributed by atoms with Crippen LogP contribution >= 0.6 is 0 Å². The Morgan fingerprint density at radius 1 is 0.865 bits per heavy atom. The standard InChI is InChI=1S/C37H38F3N5O6S/c38-37(39,40)34-13-11-31(23-41-34)51-30-9-6-27(7-10-30)28-14-16-45(17-15-28)36(48)29-8-12-33(44-20-18-43(19-21-44)24-35(46)47)32(22-29)42-52(49,50)25-26-4-2-1-3-5-26/h1-13,22-23,28,42H,14-21,24-25H2,(H,46,47). The minimum atomic E-state index is -4.53. The first-order valence-electron chi connectivity index (χ1n) is 16.8. The van der Waals surface area contributed by atoms with Crippen molar-refractivity contribution >= 4 is 33.3 Å². The van der Waals surface area contributed by atoms with Crippen LogP contribution in [-0.4, -0.2) is 86.0 Å². The second kappa shape index (κ2) is 15.6. The Labute approximate surface area is 299 Å². The van der Waals surface area contributed by atoms with E-state index in [1.54, 1.807) is 59.5 Å². The molecule has 2 N–H and O–H groups in total. The first-order chi connectivity index (χ1) is 24.8. The quantitative estimate of drug-likeness (QED) is 0.189. The third-order valence-corrected chi connectivity index (χ3v) is 10.4. The summed E-state index contributed by atoms with van der Waals surface area (Å²) in [7, 11) is -3.85. The van der Waals surface area contributed by atoms with Gasteiger partial charge in [-0.2, -0.15) is 13.2 Å². The van der Waals surface area contributed by atoms with Crippen LogP contribution in [0.2, 0.25) is 0 Å². The van der Waals surface area contributed by atoms with E-state index in [2.05, 4.69) is 9.71 Å². The summed E-state index contributed by atoms with van der Waals surface area (Å²) in [5.74, 6) is -0.549. The number of nitrogens with zero attached hydrogens (tertiary/aromatic N) is 4. The lowest BCUT2D eigenvalue weighted by Gasteiger charge is -2.36. The first kappa shape index (κ1) is 36.6. The number of aromatic nitrogens is 1. The van der Waals surface area contributed by atoms with E-state index >= 15 is 0 Å². The monoisotopic (exact) mass is 737 g/mol. The summed E-state index contributed by atoms with van der Waals surface area (Å²) in [5.41, 5.74) is 1.93. The summed E-state index contributed by atoms with van der Waals surface area (Å²) in [6.07, 6.45) is -2.10. The summed E-state index contributed by atoms with van der Waals surface area (Å²) in [4.78, 5) is 34.0. The Morgan fingerprint density at radius 3 is 2.15 bits per heavy atom. The number of anilines is 2. The number of benzene rings is 3. The summed E-state index contributed by atoms with van der Waals surface area (Å²) >= 11 is 0. The van der Waals surface area contributed by atoms with Gasteiger partial charge in [0.15, 0.2) is 0 Å². The summed E-state index contributed by atoms with van der Waals surface area (Å²) in [5, 5.41) is 9.18. The molecule has 0 saturated carbocycles. The lowest BCUT2D eigenvalue weighted by Crippen LogP contribution is -2.48. The van der Waals surface area contributed by atoms with Crippen molar-refractivity contribution in [1.29, 1.82) is 0 Å². The number of halogens is 3. The van der Waals surface area contributed by atoms with Crippen LogP contribution in [-0.2, 0) is 26.7 Å². The number of likely N-dealkylation sites (tertiary alicyclic amines) is 1. The number of carbonyl (C=O) groups excluding carboxylic acids is 1.